The van der Waals surface area contributed by atoms with E-state index in [9.17, 15) is 14.4 Å². The number of unbranched alkanes of at least 4 members (excludes halogenated alkanes) is 3. The Morgan fingerprint density at radius 1 is 1.00 bits per heavy atom. The minimum atomic E-state index is -0.694. The maximum atomic E-state index is 12.0. The van der Waals surface area contributed by atoms with Crippen LogP contribution in [0.15, 0.2) is 24.3 Å². The number of rotatable bonds is 14. The summed E-state index contributed by atoms with van der Waals surface area (Å²) in [6.45, 7) is 0.298. The third-order valence-corrected chi connectivity index (χ3v) is 5.41. The van der Waals surface area contributed by atoms with Gasteiger partial charge in [0.05, 0.1) is 6.61 Å². The van der Waals surface area contributed by atoms with Crippen LogP contribution in [0.3, 0.4) is 0 Å². The van der Waals surface area contributed by atoms with Crippen LogP contribution in [0.1, 0.15) is 70.6 Å². The number of benzene rings is 1. The molecule has 0 unspecified atom stereocenters. The molecule has 2 amide bonds. The van der Waals surface area contributed by atoms with Crippen molar-refractivity contribution in [2.75, 3.05) is 11.9 Å². The van der Waals surface area contributed by atoms with Crippen molar-refractivity contribution in [3.05, 3.63) is 24.3 Å². The van der Waals surface area contributed by atoms with Crippen molar-refractivity contribution in [3.8, 4) is 5.75 Å². The number of hydrogen-bond acceptors (Lipinski definition) is 7. The number of carbonyl (C=O) groups excluding carboxylic acids is 3. The quantitative estimate of drug-likeness (QED) is 0.148. The Labute approximate surface area is 189 Å². The highest BCUT2D eigenvalue weighted by atomic mass is 16.5. The fraction of sp³-hybridized carbons (Fsp3) is 0.609. The van der Waals surface area contributed by atoms with Crippen LogP contribution in [0, 0.1) is 0 Å². The molecule has 0 heterocycles. The van der Waals surface area contributed by atoms with Gasteiger partial charge in [-0.15, -0.1) is 0 Å². The summed E-state index contributed by atoms with van der Waals surface area (Å²) in [4.78, 5) is 34.9. The van der Waals surface area contributed by atoms with Gasteiger partial charge < -0.3 is 20.5 Å². The van der Waals surface area contributed by atoms with Gasteiger partial charge >= 0.3 is 5.97 Å². The average Bonchev–Trinajstić information content (AvgIpc) is 3.30. The van der Waals surface area contributed by atoms with Crippen LogP contribution < -0.4 is 21.3 Å². The highest BCUT2D eigenvalue weighted by Gasteiger charge is 2.23. The van der Waals surface area contributed by atoms with Crippen LogP contribution in [0.2, 0.25) is 0 Å². The van der Waals surface area contributed by atoms with Crippen molar-refractivity contribution in [1.29, 1.82) is 0 Å². The maximum absolute atomic E-state index is 12.0. The molecule has 9 nitrogen and oxygen atoms in total. The van der Waals surface area contributed by atoms with Gasteiger partial charge in [0.2, 0.25) is 11.8 Å². The summed E-state index contributed by atoms with van der Waals surface area (Å²) in [6, 6.07) is 6.33. The Morgan fingerprint density at radius 2 is 1.62 bits per heavy atom. The first kappa shape index (κ1) is 25.6. The molecule has 1 atom stereocenters. The third-order valence-electron chi connectivity index (χ3n) is 5.41. The zero-order valence-corrected chi connectivity index (χ0v) is 18.5. The van der Waals surface area contributed by atoms with Crippen molar-refractivity contribution in [2.24, 2.45) is 5.73 Å². The van der Waals surface area contributed by atoms with Crippen molar-refractivity contribution >= 4 is 23.5 Å². The van der Waals surface area contributed by atoms with Crippen molar-refractivity contribution in [3.63, 3.8) is 0 Å². The van der Waals surface area contributed by atoms with Gasteiger partial charge in [-0.3, -0.25) is 19.6 Å². The minimum Gasteiger partial charge on any atom is -0.494 e. The number of hydroxylamine groups is 1. The SMILES string of the molecule is N[C@@H](CCOc1ccc(NC(=O)CCCCCCC(=O)NO)cc1)C(=O)OC1CCCC1. The van der Waals surface area contributed by atoms with Crippen LogP contribution >= 0.6 is 0 Å². The number of amides is 2. The highest BCUT2D eigenvalue weighted by Crippen LogP contribution is 2.21. The lowest BCUT2D eigenvalue weighted by molar-refractivity contribution is -0.150. The van der Waals surface area contributed by atoms with Gasteiger partial charge in [-0.05, 0) is 62.8 Å². The summed E-state index contributed by atoms with van der Waals surface area (Å²) in [7, 11) is 0. The number of ether oxygens (including phenoxy) is 2. The van der Waals surface area contributed by atoms with Gasteiger partial charge in [0, 0.05) is 24.9 Å². The second kappa shape index (κ2) is 14.4. The fourth-order valence-electron chi connectivity index (χ4n) is 3.52. The molecule has 32 heavy (non-hydrogen) atoms. The molecule has 0 bridgehead atoms. The van der Waals surface area contributed by atoms with Crippen LogP contribution in [-0.4, -0.2) is 41.7 Å². The fourth-order valence-corrected chi connectivity index (χ4v) is 3.52. The van der Waals surface area contributed by atoms with Crippen LogP contribution in [0.5, 0.6) is 5.75 Å². The average molecular weight is 450 g/mol. The van der Waals surface area contributed by atoms with Crippen LogP contribution in [0.25, 0.3) is 0 Å². The van der Waals surface area contributed by atoms with Crippen LogP contribution in [0.4, 0.5) is 5.69 Å². The summed E-state index contributed by atoms with van der Waals surface area (Å²) >= 11 is 0. The molecular weight excluding hydrogens is 414 g/mol. The summed E-state index contributed by atoms with van der Waals surface area (Å²) in [5.41, 5.74) is 8.18. The standard InChI is InChI=1S/C23H35N3O6/c24-20(23(29)32-19-7-5-6-8-19)15-16-31-18-13-11-17(12-14-18)25-21(27)9-3-1-2-4-10-22(28)26-30/h11-14,19-20,30H,1-10,15-16,24H2,(H,25,27)(H,26,28)/t20-/m0/s1. The van der Waals surface area contributed by atoms with E-state index in [1.165, 1.54) is 0 Å². The van der Waals surface area contributed by atoms with E-state index in [1.807, 2.05) is 0 Å². The molecule has 0 aliphatic heterocycles. The van der Waals surface area contributed by atoms with E-state index in [2.05, 4.69) is 5.32 Å². The predicted octanol–water partition coefficient (Wildman–Crippen LogP) is 3.05. The molecule has 1 saturated carbocycles. The Hall–Kier alpha value is -2.65. The van der Waals surface area contributed by atoms with Gasteiger partial charge in [-0.2, -0.15) is 0 Å². The normalized spacial score (nSPS) is 14.6. The molecular formula is C23H35N3O6. The lowest BCUT2D eigenvalue weighted by Gasteiger charge is -2.16. The lowest BCUT2D eigenvalue weighted by atomic mass is 10.1. The predicted molar refractivity (Wildman–Crippen MR) is 119 cm³/mol. The minimum absolute atomic E-state index is 0.0114. The van der Waals surface area contributed by atoms with Crippen molar-refractivity contribution in [2.45, 2.75) is 82.8 Å². The summed E-state index contributed by atoms with van der Waals surface area (Å²) in [6.07, 6.45) is 8.19. The molecule has 0 aromatic heterocycles. The highest BCUT2D eigenvalue weighted by molar-refractivity contribution is 5.90. The largest absolute Gasteiger partial charge is 0.494 e. The molecule has 1 aliphatic rings. The topological polar surface area (TPSA) is 140 Å². The number of nitrogens with two attached hydrogens (primary N) is 1. The molecule has 1 aromatic rings. The van der Waals surface area contributed by atoms with Gasteiger partial charge in [0.15, 0.2) is 0 Å². The van der Waals surface area contributed by atoms with E-state index in [4.69, 9.17) is 20.4 Å². The second-order valence-corrected chi connectivity index (χ2v) is 8.11. The summed E-state index contributed by atoms with van der Waals surface area (Å²) < 4.78 is 11.0. The zero-order valence-electron chi connectivity index (χ0n) is 18.5. The van der Waals surface area contributed by atoms with Gasteiger partial charge in [-0.1, -0.05) is 12.8 Å². The van der Waals surface area contributed by atoms with E-state index < -0.39 is 6.04 Å². The van der Waals surface area contributed by atoms with Crippen molar-refractivity contribution in [1.82, 2.24) is 5.48 Å². The maximum Gasteiger partial charge on any atom is 0.323 e. The van der Waals surface area contributed by atoms with E-state index >= 15 is 0 Å². The first-order chi connectivity index (χ1) is 15.5. The van der Waals surface area contributed by atoms with Crippen LogP contribution in [-0.2, 0) is 19.1 Å². The van der Waals surface area contributed by atoms with Gasteiger partial charge in [0.1, 0.15) is 17.9 Å². The first-order valence-corrected chi connectivity index (χ1v) is 11.4. The molecule has 1 aromatic carbocycles. The summed E-state index contributed by atoms with van der Waals surface area (Å²) in [5.74, 6) is -0.196. The molecule has 5 N–H and O–H groups in total. The Morgan fingerprint density at radius 3 is 2.25 bits per heavy atom. The Kier molecular flexibility index (Phi) is 11.5. The molecule has 9 heteroatoms. The number of anilines is 1. The van der Waals surface area contributed by atoms with E-state index in [0.29, 0.717) is 37.3 Å². The van der Waals surface area contributed by atoms with Gasteiger partial charge in [-0.25, -0.2) is 5.48 Å². The summed E-state index contributed by atoms with van der Waals surface area (Å²) in [5, 5.41) is 11.3. The van der Waals surface area contributed by atoms with E-state index in [-0.39, 0.29) is 30.3 Å². The third kappa shape index (κ3) is 10.1. The van der Waals surface area contributed by atoms with E-state index in [0.717, 1.165) is 44.9 Å². The van der Waals surface area contributed by atoms with E-state index in [1.54, 1.807) is 29.7 Å². The molecule has 178 valence electrons. The molecule has 2 rings (SSSR count). The Bertz CT molecular complexity index is 719. The molecule has 0 saturated heterocycles. The molecule has 0 spiro atoms. The second-order valence-electron chi connectivity index (χ2n) is 8.11. The number of nitrogens with one attached hydrogen (secondary N) is 2. The van der Waals surface area contributed by atoms with Crippen molar-refractivity contribution < 1.29 is 29.1 Å². The molecule has 1 fully saturated rings. The smallest absolute Gasteiger partial charge is 0.323 e. The molecule has 1 aliphatic carbocycles. The number of esters is 1. The van der Waals surface area contributed by atoms with Gasteiger partial charge in [0.25, 0.3) is 0 Å². The first-order valence-electron chi connectivity index (χ1n) is 11.4. The molecule has 0 radical (unpaired) electrons. The monoisotopic (exact) mass is 449 g/mol. The lowest BCUT2D eigenvalue weighted by Crippen LogP contribution is -2.35. The zero-order chi connectivity index (χ0) is 23.2. The Balaban J connectivity index is 1.57. The number of hydrogen-bond donors (Lipinski definition) is 4. The number of carbonyl (C=O) groups is 3.